The molecule has 24 heavy (non-hydrogen) atoms. The molecule has 1 N–H and O–H groups in total. The van der Waals surface area contributed by atoms with Crippen LogP contribution in [0.1, 0.15) is 26.3 Å². The van der Waals surface area contributed by atoms with Crippen LogP contribution in [0, 0.1) is 0 Å². The Balaban J connectivity index is 2.90. The molecule has 0 saturated carbocycles. The minimum atomic E-state index is -4.79. The summed E-state index contributed by atoms with van der Waals surface area (Å²) in [6.07, 6.45) is -3.68. The number of carbonyl (C=O) groups is 2. The van der Waals surface area contributed by atoms with Crippen molar-refractivity contribution in [3.8, 4) is 0 Å². The van der Waals surface area contributed by atoms with Crippen molar-refractivity contribution in [2.45, 2.75) is 39.5 Å². The van der Waals surface area contributed by atoms with Gasteiger partial charge in [0.1, 0.15) is 12.1 Å². The van der Waals surface area contributed by atoms with E-state index in [0.29, 0.717) is 10.6 Å². The van der Waals surface area contributed by atoms with E-state index in [1.807, 2.05) is 0 Å². The summed E-state index contributed by atoms with van der Waals surface area (Å²) < 4.78 is 38.9. The van der Waals surface area contributed by atoms with Crippen molar-refractivity contribution >= 4 is 11.8 Å². The summed E-state index contributed by atoms with van der Waals surface area (Å²) in [6, 6.07) is 1.62. The zero-order chi connectivity index (χ0) is 18.5. The monoisotopic (exact) mass is 347 g/mol. The van der Waals surface area contributed by atoms with Crippen LogP contribution in [0.2, 0.25) is 0 Å². The van der Waals surface area contributed by atoms with Gasteiger partial charge in [-0.25, -0.2) is 0 Å². The Morgan fingerprint density at radius 3 is 2.46 bits per heavy atom. The van der Waals surface area contributed by atoms with E-state index < -0.39 is 29.8 Å². The zero-order valence-electron chi connectivity index (χ0n) is 13.7. The summed E-state index contributed by atoms with van der Waals surface area (Å²) in [4.78, 5) is 36.9. The minimum absolute atomic E-state index is 0.0996. The molecule has 0 fully saturated rings. The van der Waals surface area contributed by atoms with Crippen LogP contribution in [0.15, 0.2) is 23.1 Å². The average molecular weight is 347 g/mol. The summed E-state index contributed by atoms with van der Waals surface area (Å²) in [5, 5.41) is 2.62. The molecule has 0 aliphatic carbocycles. The number of carbonyl (C=O) groups excluding carboxylic acids is 2. The highest BCUT2D eigenvalue weighted by atomic mass is 19.4. The normalized spacial score (nSPS) is 11.5. The zero-order valence-corrected chi connectivity index (χ0v) is 13.7. The molecular weight excluding hydrogens is 327 g/mol. The van der Waals surface area contributed by atoms with Crippen molar-refractivity contribution in [3.05, 3.63) is 34.2 Å². The van der Waals surface area contributed by atoms with Gasteiger partial charge in [0.25, 0.3) is 5.56 Å². The standard InChI is InChI=1S/C15H20F3N3O3/c1-4-20(8-12(22)19-10(2)3)13(23)9-21-7-5-6-11(14(21)24)15(16,17)18/h5-7,10H,4,8-9H2,1-3H3,(H,19,22). The van der Waals surface area contributed by atoms with Gasteiger partial charge in [0, 0.05) is 18.8 Å². The summed E-state index contributed by atoms with van der Waals surface area (Å²) in [6.45, 7) is 4.57. The summed E-state index contributed by atoms with van der Waals surface area (Å²) >= 11 is 0. The van der Waals surface area contributed by atoms with Gasteiger partial charge in [-0.2, -0.15) is 13.2 Å². The Bertz CT molecular complexity index is 653. The molecule has 134 valence electrons. The van der Waals surface area contributed by atoms with Crippen molar-refractivity contribution in [3.63, 3.8) is 0 Å². The number of nitrogens with zero attached hydrogens (tertiary/aromatic N) is 2. The molecule has 0 unspecified atom stereocenters. The number of hydrogen-bond donors (Lipinski definition) is 1. The van der Waals surface area contributed by atoms with E-state index in [1.165, 1.54) is 4.90 Å². The molecule has 2 amide bonds. The predicted octanol–water partition coefficient (Wildman–Crippen LogP) is 1.24. The highest BCUT2D eigenvalue weighted by Gasteiger charge is 2.34. The number of pyridine rings is 1. The molecule has 0 bridgehead atoms. The third-order valence-electron chi connectivity index (χ3n) is 3.15. The lowest BCUT2D eigenvalue weighted by Crippen LogP contribution is -2.44. The molecule has 0 saturated heterocycles. The molecule has 0 spiro atoms. The van der Waals surface area contributed by atoms with Crippen LogP contribution in [0.25, 0.3) is 0 Å². The van der Waals surface area contributed by atoms with Crippen LogP contribution in [-0.4, -0.2) is 40.4 Å². The number of aromatic nitrogens is 1. The van der Waals surface area contributed by atoms with E-state index >= 15 is 0 Å². The summed E-state index contributed by atoms with van der Waals surface area (Å²) in [5.74, 6) is -0.991. The van der Waals surface area contributed by atoms with Gasteiger partial charge in [0.15, 0.2) is 0 Å². The number of hydrogen-bond acceptors (Lipinski definition) is 3. The highest BCUT2D eigenvalue weighted by molar-refractivity contribution is 5.84. The number of nitrogens with one attached hydrogen (secondary N) is 1. The highest BCUT2D eigenvalue weighted by Crippen LogP contribution is 2.25. The molecule has 1 aromatic heterocycles. The quantitative estimate of drug-likeness (QED) is 0.842. The van der Waals surface area contributed by atoms with Gasteiger partial charge >= 0.3 is 6.18 Å². The van der Waals surface area contributed by atoms with Crippen LogP contribution in [0.5, 0.6) is 0 Å². The molecule has 1 rings (SSSR count). The smallest absolute Gasteiger partial charge is 0.352 e. The van der Waals surface area contributed by atoms with Gasteiger partial charge < -0.3 is 14.8 Å². The van der Waals surface area contributed by atoms with E-state index in [0.717, 1.165) is 12.3 Å². The number of rotatable bonds is 6. The number of halogens is 3. The molecule has 6 nitrogen and oxygen atoms in total. The third kappa shape index (κ3) is 5.39. The fraction of sp³-hybridized carbons (Fsp3) is 0.533. The fourth-order valence-electron chi connectivity index (χ4n) is 2.04. The second-order valence-corrected chi connectivity index (χ2v) is 5.48. The molecule has 0 atom stereocenters. The molecular formula is C15H20F3N3O3. The Morgan fingerprint density at radius 2 is 1.96 bits per heavy atom. The largest absolute Gasteiger partial charge is 0.421 e. The second-order valence-electron chi connectivity index (χ2n) is 5.48. The van der Waals surface area contributed by atoms with Crippen LogP contribution >= 0.6 is 0 Å². The molecule has 0 aliphatic rings. The number of likely N-dealkylation sites (N-methyl/N-ethyl adjacent to an activating group) is 1. The third-order valence-corrected chi connectivity index (χ3v) is 3.15. The first-order valence-corrected chi connectivity index (χ1v) is 7.40. The van der Waals surface area contributed by atoms with Crippen LogP contribution in [0.4, 0.5) is 13.2 Å². The molecule has 0 aromatic carbocycles. The van der Waals surface area contributed by atoms with Crippen LogP contribution < -0.4 is 10.9 Å². The lowest BCUT2D eigenvalue weighted by molar-refractivity contribution is -0.140. The first-order chi connectivity index (χ1) is 11.1. The van der Waals surface area contributed by atoms with Gasteiger partial charge in [0.05, 0.1) is 6.54 Å². The maximum absolute atomic E-state index is 12.7. The lowest BCUT2D eigenvalue weighted by atomic mass is 10.2. The van der Waals surface area contributed by atoms with E-state index in [2.05, 4.69) is 5.32 Å². The maximum Gasteiger partial charge on any atom is 0.421 e. The maximum atomic E-state index is 12.7. The minimum Gasteiger partial charge on any atom is -0.352 e. The number of amides is 2. The van der Waals surface area contributed by atoms with Crippen molar-refractivity contribution in [2.24, 2.45) is 0 Å². The van der Waals surface area contributed by atoms with Crippen LogP contribution in [0.3, 0.4) is 0 Å². The Labute approximate surface area is 137 Å². The molecule has 0 radical (unpaired) electrons. The van der Waals surface area contributed by atoms with Gasteiger partial charge in [-0.05, 0) is 32.9 Å². The van der Waals surface area contributed by atoms with Crippen molar-refractivity contribution in [2.75, 3.05) is 13.1 Å². The van der Waals surface area contributed by atoms with Gasteiger partial charge in [-0.1, -0.05) is 0 Å². The molecule has 9 heteroatoms. The van der Waals surface area contributed by atoms with Gasteiger partial charge in [-0.3, -0.25) is 14.4 Å². The van der Waals surface area contributed by atoms with Gasteiger partial charge in [-0.15, -0.1) is 0 Å². The first kappa shape index (κ1) is 19.7. The van der Waals surface area contributed by atoms with E-state index in [9.17, 15) is 27.6 Å². The average Bonchev–Trinajstić information content (AvgIpc) is 2.44. The van der Waals surface area contributed by atoms with Gasteiger partial charge in [0.2, 0.25) is 11.8 Å². The topological polar surface area (TPSA) is 71.4 Å². The molecule has 0 aliphatic heterocycles. The molecule has 1 heterocycles. The summed E-state index contributed by atoms with van der Waals surface area (Å²) in [7, 11) is 0. The van der Waals surface area contributed by atoms with E-state index in [-0.39, 0.29) is 25.0 Å². The number of alkyl halides is 3. The van der Waals surface area contributed by atoms with Crippen molar-refractivity contribution in [1.82, 2.24) is 14.8 Å². The summed E-state index contributed by atoms with van der Waals surface area (Å²) in [5.41, 5.74) is -2.63. The van der Waals surface area contributed by atoms with Crippen LogP contribution in [-0.2, 0) is 22.3 Å². The Hall–Kier alpha value is -2.32. The van der Waals surface area contributed by atoms with E-state index in [4.69, 9.17) is 0 Å². The van der Waals surface area contributed by atoms with Crippen molar-refractivity contribution in [1.29, 1.82) is 0 Å². The second kappa shape index (κ2) is 7.98. The first-order valence-electron chi connectivity index (χ1n) is 7.40. The Kier molecular flexibility index (Phi) is 6.56. The lowest BCUT2D eigenvalue weighted by Gasteiger charge is -2.21. The predicted molar refractivity (Wildman–Crippen MR) is 81.2 cm³/mol. The Morgan fingerprint density at radius 1 is 1.33 bits per heavy atom. The SMILES string of the molecule is CCN(CC(=O)NC(C)C)C(=O)Cn1cccc(C(F)(F)F)c1=O. The molecule has 1 aromatic rings. The fourth-order valence-corrected chi connectivity index (χ4v) is 2.04. The van der Waals surface area contributed by atoms with E-state index in [1.54, 1.807) is 20.8 Å². The van der Waals surface area contributed by atoms with Crippen molar-refractivity contribution < 1.29 is 22.8 Å².